The van der Waals surface area contributed by atoms with Crippen LogP contribution < -0.4 is 10.1 Å². The zero-order chi connectivity index (χ0) is 17.9. The molecule has 0 spiro atoms. The number of Topliss-reactive ketones (excluding diaryl/α,β-unsaturated/α-hetero) is 1. The third-order valence-electron chi connectivity index (χ3n) is 3.31. The molecule has 0 atom stereocenters. The summed E-state index contributed by atoms with van der Waals surface area (Å²) < 4.78 is 5.41. The molecule has 0 bridgehead atoms. The molecule has 0 aliphatic rings. The number of halogens is 1. The molecule has 4 nitrogen and oxygen atoms in total. The Balaban J connectivity index is 1.63. The normalized spacial score (nSPS) is 9.64. The number of hydrogen-bond acceptors (Lipinski definition) is 3. The van der Waals surface area contributed by atoms with Crippen LogP contribution in [-0.4, -0.2) is 24.8 Å². The molecule has 0 saturated heterocycles. The number of ketones is 1. The van der Waals surface area contributed by atoms with Gasteiger partial charge in [-0.25, -0.2) is 0 Å². The van der Waals surface area contributed by atoms with Gasteiger partial charge in [0.15, 0.2) is 5.78 Å². The summed E-state index contributed by atoms with van der Waals surface area (Å²) in [4.78, 5) is 23.6. The van der Waals surface area contributed by atoms with E-state index in [-0.39, 0.29) is 37.7 Å². The van der Waals surface area contributed by atoms with E-state index >= 15 is 0 Å². The van der Waals surface area contributed by atoms with Crippen molar-refractivity contribution in [3.8, 4) is 17.6 Å². The summed E-state index contributed by atoms with van der Waals surface area (Å²) in [7, 11) is 0. The first-order valence-corrected chi connectivity index (χ1v) is 8.22. The molecule has 2 aromatic carbocycles. The lowest BCUT2D eigenvalue weighted by molar-refractivity contribution is -0.120. The molecule has 1 amide bonds. The van der Waals surface area contributed by atoms with Crippen LogP contribution in [0.15, 0.2) is 54.6 Å². The lowest BCUT2D eigenvalue weighted by Gasteiger charge is -2.03. The first-order valence-electron chi connectivity index (χ1n) is 7.85. The maximum Gasteiger partial charge on any atom is 0.221 e. The monoisotopic (exact) mass is 355 g/mol. The minimum absolute atomic E-state index is 0.0463. The van der Waals surface area contributed by atoms with Crippen LogP contribution in [0.3, 0.4) is 0 Å². The van der Waals surface area contributed by atoms with E-state index in [1.807, 2.05) is 18.2 Å². The van der Waals surface area contributed by atoms with Crippen molar-refractivity contribution in [1.82, 2.24) is 5.32 Å². The first kappa shape index (κ1) is 18.6. The van der Waals surface area contributed by atoms with Gasteiger partial charge in [0.1, 0.15) is 12.4 Å². The molecular formula is C20H18ClNO3. The Morgan fingerprint density at radius 1 is 0.960 bits per heavy atom. The van der Waals surface area contributed by atoms with Gasteiger partial charge in [-0.2, -0.15) is 0 Å². The highest BCUT2D eigenvalue weighted by Gasteiger charge is 2.08. The van der Waals surface area contributed by atoms with Gasteiger partial charge in [-0.1, -0.05) is 65.9 Å². The second kappa shape index (κ2) is 10.2. The van der Waals surface area contributed by atoms with Crippen LogP contribution in [0.25, 0.3) is 0 Å². The Kier molecular flexibility index (Phi) is 7.55. The molecule has 2 rings (SSSR count). The molecule has 25 heavy (non-hydrogen) atoms. The second-order valence-corrected chi connectivity index (χ2v) is 5.55. The van der Waals surface area contributed by atoms with Gasteiger partial charge in [-0.15, -0.1) is 0 Å². The largest absolute Gasteiger partial charge is 0.479 e. The van der Waals surface area contributed by atoms with Crippen LogP contribution in [0.1, 0.15) is 23.2 Å². The molecule has 0 aliphatic carbocycles. The highest BCUT2D eigenvalue weighted by atomic mass is 35.5. The molecule has 2 aromatic rings. The van der Waals surface area contributed by atoms with Crippen LogP contribution >= 0.6 is 11.6 Å². The zero-order valence-corrected chi connectivity index (χ0v) is 14.4. The van der Waals surface area contributed by atoms with E-state index in [0.29, 0.717) is 16.3 Å². The van der Waals surface area contributed by atoms with Crippen LogP contribution in [-0.2, 0) is 4.79 Å². The minimum atomic E-state index is -0.203. The fourth-order valence-corrected chi connectivity index (χ4v) is 2.21. The Labute approximate surface area is 152 Å². The number of nitrogens with one attached hydrogen (secondary N) is 1. The number of benzene rings is 2. The van der Waals surface area contributed by atoms with Gasteiger partial charge in [0.2, 0.25) is 5.91 Å². The summed E-state index contributed by atoms with van der Waals surface area (Å²) in [6, 6.07) is 16.1. The number of carbonyl (C=O) groups is 2. The van der Waals surface area contributed by atoms with E-state index in [9.17, 15) is 9.59 Å². The van der Waals surface area contributed by atoms with Crippen molar-refractivity contribution >= 4 is 23.3 Å². The van der Waals surface area contributed by atoms with Crippen molar-refractivity contribution in [2.75, 3.05) is 13.2 Å². The first-order chi connectivity index (χ1) is 12.2. The molecule has 128 valence electrons. The Hall–Kier alpha value is -2.77. The Morgan fingerprint density at radius 3 is 2.44 bits per heavy atom. The maximum atomic E-state index is 11.9. The number of rotatable bonds is 7. The number of hydrogen-bond donors (Lipinski definition) is 1. The Morgan fingerprint density at radius 2 is 1.68 bits per heavy atom. The number of carbonyl (C=O) groups excluding carboxylic acids is 2. The predicted octanol–water partition coefficient (Wildman–Crippen LogP) is 3.50. The number of amides is 1. The van der Waals surface area contributed by atoms with Gasteiger partial charge in [-0.05, 0) is 12.1 Å². The topological polar surface area (TPSA) is 55.4 Å². The average Bonchev–Trinajstić information content (AvgIpc) is 2.64. The van der Waals surface area contributed by atoms with E-state index in [2.05, 4.69) is 17.2 Å². The quantitative estimate of drug-likeness (QED) is 0.611. The summed E-state index contributed by atoms with van der Waals surface area (Å²) in [6.07, 6.45) is 0.324. The zero-order valence-electron chi connectivity index (χ0n) is 13.6. The lowest BCUT2D eigenvalue weighted by atomic mass is 10.1. The molecule has 0 unspecified atom stereocenters. The molecule has 0 saturated carbocycles. The molecule has 1 N–H and O–H groups in total. The molecular weight excluding hydrogens is 338 g/mol. The van der Waals surface area contributed by atoms with Crippen molar-refractivity contribution in [3.63, 3.8) is 0 Å². The van der Waals surface area contributed by atoms with Gasteiger partial charge in [-0.3, -0.25) is 9.59 Å². The van der Waals surface area contributed by atoms with Gasteiger partial charge < -0.3 is 10.1 Å². The molecule has 0 heterocycles. The van der Waals surface area contributed by atoms with Crippen LogP contribution in [0, 0.1) is 11.8 Å². The third-order valence-corrected chi connectivity index (χ3v) is 3.62. The summed E-state index contributed by atoms with van der Waals surface area (Å²) in [5.41, 5.74) is 0.617. The van der Waals surface area contributed by atoms with Gasteiger partial charge >= 0.3 is 0 Å². The van der Waals surface area contributed by atoms with Crippen LogP contribution in [0.5, 0.6) is 5.75 Å². The second-order valence-electron chi connectivity index (χ2n) is 5.14. The standard InChI is InChI=1S/C20H18ClNO3/c21-17-10-4-5-11-19(17)25-15-7-6-14-22-20(24)13-12-18(23)16-8-2-1-3-9-16/h1-5,8-11H,12-15H2,(H,22,24). The third kappa shape index (κ3) is 6.70. The molecule has 0 aromatic heterocycles. The highest BCUT2D eigenvalue weighted by molar-refractivity contribution is 6.32. The van der Waals surface area contributed by atoms with Crippen molar-refractivity contribution in [3.05, 3.63) is 65.2 Å². The Bertz CT molecular complexity index is 778. The van der Waals surface area contributed by atoms with E-state index in [1.165, 1.54) is 0 Å². The van der Waals surface area contributed by atoms with Gasteiger partial charge in [0.05, 0.1) is 11.6 Å². The molecule has 0 aliphatic heterocycles. The number of para-hydroxylation sites is 1. The fraction of sp³-hybridized carbons (Fsp3) is 0.200. The van der Waals surface area contributed by atoms with Crippen molar-refractivity contribution in [2.45, 2.75) is 12.8 Å². The van der Waals surface area contributed by atoms with Crippen LogP contribution in [0.4, 0.5) is 0 Å². The van der Waals surface area contributed by atoms with E-state index in [0.717, 1.165) is 0 Å². The summed E-state index contributed by atoms with van der Waals surface area (Å²) >= 11 is 5.95. The molecule has 0 radical (unpaired) electrons. The van der Waals surface area contributed by atoms with Crippen molar-refractivity contribution in [1.29, 1.82) is 0 Å². The van der Waals surface area contributed by atoms with Gasteiger partial charge in [0, 0.05) is 18.4 Å². The predicted molar refractivity (Wildman–Crippen MR) is 97.7 cm³/mol. The van der Waals surface area contributed by atoms with Crippen molar-refractivity contribution in [2.24, 2.45) is 0 Å². The highest BCUT2D eigenvalue weighted by Crippen LogP contribution is 2.22. The van der Waals surface area contributed by atoms with Crippen molar-refractivity contribution < 1.29 is 14.3 Å². The van der Waals surface area contributed by atoms with E-state index in [4.69, 9.17) is 16.3 Å². The smallest absolute Gasteiger partial charge is 0.221 e. The number of ether oxygens (including phenoxy) is 1. The fourth-order valence-electron chi connectivity index (χ4n) is 2.02. The van der Waals surface area contributed by atoms with Gasteiger partial charge in [0.25, 0.3) is 0 Å². The summed E-state index contributed by atoms with van der Waals surface area (Å²) in [5, 5.41) is 3.18. The summed E-state index contributed by atoms with van der Waals surface area (Å²) in [6.45, 7) is 0.399. The van der Waals surface area contributed by atoms with Crippen LogP contribution in [0.2, 0.25) is 5.02 Å². The maximum absolute atomic E-state index is 11.9. The minimum Gasteiger partial charge on any atom is -0.479 e. The van der Waals surface area contributed by atoms with E-state index in [1.54, 1.807) is 36.4 Å². The summed E-state index contributed by atoms with van der Waals surface area (Å²) in [5.74, 6) is 5.91. The lowest BCUT2D eigenvalue weighted by Crippen LogP contribution is -2.24. The van der Waals surface area contributed by atoms with E-state index < -0.39 is 0 Å². The SMILES string of the molecule is O=C(CCC(=O)c1ccccc1)NCC#CCOc1ccccc1Cl. The molecule has 5 heteroatoms. The average molecular weight is 356 g/mol. The molecule has 0 fully saturated rings.